The molecule has 1 aliphatic rings. The maximum atomic E-state index is 4.57. The molecule has 7 aromatic carbocycles. The van der Waals surface area contributed by atoms with Gasteiger partial charge in [0.1, 0.15) is 0 Å². The van der Waals surface area contributed by atoms with Gasteiger partial charge in [-0.05, 0) is 81.7 Å². The van der Waals surface area contributed by atoms with Gasteiger partial charge >= 0.3 is 0 Å². The highest BCUT2D eigenvalue weighted by Crippen LogP contribution is 2.46. The molecule has 0 unspecified atom stereocenters. The van der Waals surface area contributed by atoms with Crippen molar-refractivity contribution in [3.05, 3.63) is 170 Å². The molecule has 1 aliphatic heterocycles. The molecule has 9 aromatic rings. The van der Waals surface area contributed by atoms with Crippen molar-refractivity contribution < 1.29 is 0 Å². The summed E-state index contributed by atoms with van der Waals surface area (Å²) in [5, 5.41) is 10.1. The summed E-state index contributed by atoms with van der Waals surface area (Å²) in [6, 6.07) is 48.8. The highest BCUT2D eigenvalue weighted by atomic mass is 32.1. The van der Waals surface area contributed by atoms with Gasteiger partial charge in [-0.2, -0.15) is 0 Å². The fourth-order valence-electron chi connectivity index (χ4n) is 7.52. The lowest BCUT2D eigenvalue weighted by Crippen LogP contribution is -2.11. The number of para-hydroxylation sites is 2. The molecule has 0 atom stereocenters. The van der Waals surface area contributed by atoms with Gasteiger partial charge in [-0.25, -0.2) is 0 Å². The second-order valence-corrected chi connectivity index (χ2v) is 13.3. The van der Waals surface area contributed by atoms with Crippen LogP contribution in [0.3, 0.4) is 0 Å². The molecule has 2 nitrogen and oxygen atoms in total. The molecular weight excluding hydrogens is 589 g/mol. The molecule has 47 heavy (non-hydrogen) atoms. The number of rotatable bonds is 2. The van der Waals surface area contributed by atoms with E-state index in [-0.39, 0.29) is 0 Å². The molecule has 0 fully saturated rings. The zero-order chi connectivity index (χ0) is 31.1. The topological polar surface area (TPSA) is 8.17 Å². The van der Waals surface area contributed by atoms with Crippen LogP contribution in [0.4, 0.5) is 11.4 Å². The van der Waals surface area contributed by atoms with E-state index in [1.54, 1.807) is 0 Å². The summed E-state index contributed by atoms with van der Waals surface area (Å²) >= 11 is 1.86. The van der Waals surface area contributed by atoms with Crippen LogP contribution in [0.25, 0.3) is 74.8 Å². The molecule has 220 valence electrons. The van der Waals surface area contributed by atoms with Gasteiger partial charge in [-0.3, -0.25) is 0 Å². The van der Waals surface area contributed by atoms with E-state index in [9.17, 15) is 0 Å². The average molecular weight is 617 g/mol. The van der Waals surface area contributed by atoms with E-state index in [1.807, 2.05) is 11.3 Å². The number of benzene rings is 7. The fraction of sp³-hybridized carbons (Fsp3) is 0. The Morgan fingerprint density at radius 2 is 1.19 bits per heavy atom. The van der Waals surface area contributed by atoms with Crippen molar-refractivity contribution in [2.45, 2.75) is 0 Å². The van der Waals surface area contributed by atoms with E-state index in [0.717, 1.165) is 16.9 Å². The molecule has 0 spiro atoms. The van der Waals surface area contributed by atoms with E-state index >= 15 is 0 Å². The quantitative estimate of drug-likeness (QED) is 0.175. The molecule has 0 N–H and O–H groups in total. The third kappa shape index (κ3) is 3.90. The van der Waals surface area contributed by atoms with Crippen LogP contribution in [0.15, 0.2) is 164 Å². The smallest absolute Gasteiger partial charge is 0.0548 e. The third-order valence-corrected chi connectivity index (χ3v) is 10.9. The molecule has 2 aromatic heterocycles. The van der Waals surface area contributed by atoms with Crippen LogP contribution in [-0.2, 0) is 0 Å². The molecule has 0 amide bonds. The van der Waals surface area contributed by atoms with Crippen molar-refractivity contribution in [1.82, 2.24) is 4.57 Å². The van der Waals surface area contributed by atoms with Gasteiger partial charge in [0, 0.05) is 54.1 Å². The van der Waals surface area contributed by atoms with E-state index in [4.69, 9.17) is 0 Å². The summed E-state index contributed by atoms with van der Waals surface area (Å²) in [4.78, 5) is 2.31. The predicted molar refractivity (Wildman–Crippen MR) is 205 cm³/mol. The first-order valence-corrected chi connectivity index (χ1v) is 16.8. The monoisotopic (exact) mass is 616 g/mol. The van der Waals surface area contributed by atoms with Gasteiger partial charge < -0.3 is 9.47 Å². The van der Waals surface area contributed by atoms with Gasteiger partial charge in [0.2, 0.25) is 0 Å². The number of hydrogen-bond donors (Lipinski definition) is 0. The molecule has 3 heterocycles. The Bertz CT molecular complexity index is 2770. The van der Waals surface area contributed by atoms with Gasteiger partial charge in [-0.15, -0.1) is 11.3 Å². The van der Waals surface area contributed by atoms with Crippen LogP contribution >= 0.6 is 11.3 Å². The van der Waals surface area contributed by atoms with Crippen molar-refractivity contribution in [3.63, 3.8) is 0 Å². The summed E-state index contributed by atoms with van der Waals surface area (Å²) in [5.74, 6) is 0. The Balaban J connectivity index is 1.17. The largest absolute Gasteiger partial charge is 0.316 e. The minimum atomic E-state index is 1.01. The lowest BCUT2D eigenvalue weighted by atomic mass is 9.98. The van der Waals surface area contributed by atoms with Crippen LogP contribution in [0.5, 0.6) is 0 Å². The number of aromatic nitrogens is 1. The predicted octanol–water partition coefficient (Wildman–Crippen LogP) is 12.7. The molecule has 0 bridgehead atoms. The maximum Gasteiger partial charge on any atom is 0.0548 e. The normalized spacial score (nSPS) is 14.7. The molecule has 0 aliphatic carbocycles. The maximum absolute atomic E-state index is 4.57. The Morgan fingerprint density at radius 1 is 0.511 bits per heavy atom. The van der Waals surface area contributed by atoms with Crippen molar-refractivity contribution in [3.8, 4) is 5.69 Å². The van der Waals surface area contributed by atoms with E-state index < -0.39 is 0 Å². The summed E-state index contributed by atoms with van der Waals surface area (Å²) in [5.41, 5.74) is 8.08. The van der Waals surface area contributed by atoms with E-state index in [1.165, 1.54) is 74.8 Å². The van der Waals surface area contributed by atoms with E-state index in [2.05, 4.69) is 174 Å². The first-order chi connectivity index (χ1) is 23.2. The third-order valence-electron chi connectivity index (χ3n) is 9.67. The summed E-state index contributed by atoms with van der Waals surface area (Å²) in [6.45, 7) is 4.57. The zero-order valence-corrected chi connectivity index (χ0v) is 26.3. The van der Waals surface area contributed by atoms with Gasteiger partial charge in [0.15, 0.2) is 0 Å². The lowest BCUT2D eigenvalue weighted by Gasteiger charge is -2.26. The summed E-state index contributed by atoms with van der Waals surface area (Å²) < 4.78 is 4.94. The minimum Gasteiger partial charge on any atom is -0.316 e. The lowest BCUT2D eigenvalue weighted by molar-refractivity contribution is 1.19. The fourth-order valence-corrected chi connectivity index (χ4v) is 8.78. The van der Waals surface area contributed by atoms with Crippen LogP contribution in [0, 0.1) is 0 Å². The molecule has 0 saturated carbocycles. The SMILES string of the molecule is C=C1/C=C\C=C/N(c2ccc3c(ccc4ccccc43)c2)c2ccc3c(sc4ccc(-n5c6ccccc6c6ccccc65)cc43)c21. The molecule has 10 rings (SSSR count). The zero-order valence-electron chi connectivity index (χ0n) is 25.5. The Kier molecular flexibility index (Phi) is 5.63. The van der Waals surface area contributed by atoms with Crippen LogP contribution in [-0.4, -0.2) is 4.57 Å². The second-order valence-electron chi connectivity index (χ2n) is 12.3. The standard InChI is InChI=1S/C44H28N2S/c1-28-10-8-9-25-45(31-19-21-34-30(26-31)18-17-29-11-2-3-12-33(29)34)41-23-22-37-38-27-32(20-24-42(38)47-44(37)43(28)41)46-39-15-6-4-13-35(39)36-14-5-7-16-40(36)46/h2-27H,1H2/b10-8-,25-9-. The van der Waals surface area contributed by atoms with Crippen molar-refractivity contribution >= 4 is 91.8 Å². The molecule has 0 radical (unpaired) electrons. The molecule has 0 saturated heterocycles. The highest BCUT2D eigenvalue weighted by Gasteiger charge is 2.21. The van der Waals surface area contributed by atoms with Gasteiger partial charge in [0.05, 0.1) is 16.7 Å². The minimum absolute atomic E-state index is 1.01. The number of hydrogen-bond acceptors (Lipinski definition) is 2. The van der Waals surface area contributed by atoms with Crippen molar-refractivity contribution in [2.24, 2.45) is 0 Å². The van der Waals surface area contributed by atoms with Crippen LogP contribution in [0.1, 0.15) is 5.56 Å². The number of fused-ring (bicyclic) bond motifs is 11. The molecular formula is C44H28N2S. The average Bonchev–Trinajstić information content (AvgIpc) is 3.65. The summed E-state index contributed by atoms with van der Waals surface area (Å²) in [7, 11) is 0. The number of thiophene rings is 1. The Morgan fingerprint density at radius 3 is 2.02 bits per heavy atom. The highest BCUT2D eigenvalue weighted by molar-refractivity contribution is 7.26. The van der Waals surface area contributed by atoms with E-state index in [0.29, 0.717) is 0 Å². The molecule has 3 heteroatoms. The first-order valence-electron chi connectivity index (χ1n) is 16.0. The number of nitrogens with zero attached hydrogens (tertiary/aromatic N) is 2. The number of allylic oxidation sites excluding steroid dienone is 4. The second kappa shape index (κ2) is 10.1. The summed E-state index contributed by atoms with van der Waals surface area (Å²) in [6.07, 6.45) is 8.50. The first kappa shape index (κ1) is 26.3. The Hall–Kier alpha value is -5.90. The number of anilines is 2. The van der Waals surface area contributed by atoms with Crippen molar-refractivity contribution in [1.29, 1.82) is 0 Å². The van der Waals surface area contributed by atoms with Crippen molar-refractivity contribution in [2.75, 3.05) is 4.90 Å². The van der Waals surface area contributed by atoms with Crippen LogP contribution < -0.4 is 4.90 Å². The van der Waals surface area contributed by atoms with Crippen LogP contribution in [0.2, 0.25) is 0 Å². The Labute approximate surface area is 276 Å². The van der Waals surface area contributed by atoms with Gasteiger partial charge in [-0.1, -0.05) is 104 Å². The van der Waals surface area contributed by atoms with Gasteiger partial charge in [0.25, 0.3) is 0 Å².